The second-order valence-electron chi connectivity index (χ2n) is 4.11. The highest BCUT2D eigenvalue weighted by Crippen LogP contribution is 2.22. The van der Waals surface area contributed by atoms with Gasteiger partial charge in [0, 0.05) is 13.7 Å². The van der Waals surface area contributed by atoms with E-state index in [1.54, 1.807) is 11.7 Å². The number of ketones is 1. The average molecular weight is 243 g/mol. The number of carbonyl (C=O) groups excluding carboxylic acids is 1. The van der Waals surface area contributed by atoms with Crippen molar-refractivity contribution >= 4 is 17.4 Å². The smallest absolute Gasteiger partial charge is 0.167 e. The third-order valence-electron chi connectivity index (χ3n) is 2.89. The summed E-state index contributed by atoms with van der Waals surface area (Å²) < 4.78 is 7.02. The van der Waals surface area contributed by atoms with E-state index in [0.717, 1.165) is 24.2 Å². The molecule has 4 nitrogen and oxygen atoms in total. The maximum Gasteiger partial charge on any atom is 0.167 e. The van der Waals surface area contributed by atoms with Crippen LogP contribution in [0.15, 0.2) is 0 Å². The number of hydrogen-bond acceptors (Lipinski definition) is 3. The lowest BCUT2D eigenvalue weighted by Crippen LogP contribution is -2.22. The van der Waals surface area contributed by atoms with Crippen LogP contribution in [-0.2, 0) is 23.0 Å². The molecule has 1 aliphatic rings. The second kappa shape index (κ2) is 4.55. The van der Waals surface area contributed by atoms with Crippen LogP contribution in [0.2, 0.25) is 5.02 Å². The molecule has 0 aliphatic carbocycles. The number of Topliss-reactive ketones (excluding diaryl/α,β-unsaturated/α-hetero) is 1. The van der Waals surface area contributed by atoms with Gasteiger partial charge in [0.05, 0.1) is 22.8 Å². The first-order chi connectivity index (χ1) is 7.59. The van der Waals surface area contributed by atoms with E-state index in [4.69, 9.17) is 16.3 Å². The zero-order chi connectivity index (χ0) is 11.7. The summed E-state index contributed by atoms with van der Waals surface area (Å²) in [7, 11) is 1.80. The van der Waals surface area contributed by atoms with Gasteiger partial charge in [-0.2, -0.15) is 5.10 Å². The molecule has 0 saturated carbocycles. The highest BCUT2D eigenvalue weighted by atomic mass is 35.5. The van der Waals surface area contributed by atoms with Crippen LogP contribution < -0.4 is 0 Å². The third kappa shape index (κ3) is 2.13. The molecule has 2 rings (SSSR count). The summed E-state index contributed by atoms with van der Waals surface area (Å²) in [4.78, 5) is 11.9. The molecule has 0 amide bonds. The first-order valence-electron chi connectivity index (χ1n) is 5.42. The zero-order valence-electron chi connectivity index (χ0n) is 9.49. The van der Waals surface area contributed by atoms with Crippen molar-refractivity contribution in [3.05, 3.63) is 16.4 Å². The number of hydrogen-bond donors (Lipinski definition) is 0. The van der Waals surface area contributed by atoms with Gasteiger partial charge < -0.3 is 4.74 Å². The molecule has 1 fully saturated rings. The molecule has 0 N–H and O–H groups in total. The van der Waals surface area contributed by atoms with Crippen LogP contribution in [0.3, 0.4) is 0 Å². The predicted molar refractivity (Wildman–Crippen MR) is 60.6 cm³/mol. The van der Waals surface area contributed by atoms with Crippen LogP contribution in [0.4, 0.5) is 0 Å². The van der Waals surface area contributed by atoms with Crippen LogP contribution >= 0.6 is 11.6 Å². The zero-order valence-corrected chi connectivity index (χ0v) is 10.3. The van der Waals surface area contributed by atoms with Gasteiger partial charge in [0.25, 0.3) is 0 Å². The lowest BCUT2D eigenvalue weighted by atomic mass is 10.1. The van der Waals surface area contributed by atoms with Gasteiger partial charge in [0.1, 0.15) is 6.10 Å². The second-order valence-corrected chi connectivity index (χ2v) is 4.49. The van der Waals surface area contributed by atoms with E-state index in [9.17, 15) is 4.79 Å². The fraction of sp³-hybridized carbons (Fsp3) is 0.636. The van der Waals surface area contributed by atoms with Crippen LogP contribution in [-0.4, -0.2) is 28.3 Å². The molecule has 1 aromatic heterocycles. The highest BCUT2D eigenvalue weighted by Gasteiger charge is 2.25. The predicted octanol–water partition coefficient (Wildman–Crippen LogP) is 1.67. The van der Waals surface area contributed by atoms with E-state index in [1.165, 1.54) is 0 Å². The maximum absolute atomic E-state index is 11.9. The third-order valence-corrected chi connectivity index (χ3v) is 3.38. The van der Waals surface area contributed by atoms with E-state index in [1.807, 2.05) is 6.92 Å². The molecule has 0 aromatic carbocycles. The summed E-state index contributed by atoms with van der Waals surface area (Å²) in [6.07, 6.45) is 1.86. The molecule has 1 saturated heterocycles. The monoisotopic (exact) mass is 242 g/mol. The summed E-state index contributed by atoms with van der Waals surface area (Å²) in [5.41, 5.74) is 1.54. The summed E-state index contributed by atoms with van der Waals surface area (Å²) in [5.74, 6) is 0.0994. The normalized spacial score (nSPS) is 20.3. The lowest BCUT2D eigenvalue weighted by molar-refractivity contribution is -0.127. The van der Waals surface area contributed by atoms with Crippen LogP contribution in [0.5, 0.6) is 0 Å². The number of carbonyl (C=O) groups is 1. The van der Waals surface area contributed by atoms with Gasteiger partial charge in [-0.15, -0.1) is 0 Å². The van der Waals surface area contributed by atoms with Crippen LogP contribution in [0.1, 0.15) is 24.2 Å². The number of aryl methyl sites for hydroxylation is 2. The van der Waals surface area contributed by atoms with Gasteiger partial charge in [-0.1, -0.05) is 11.6 Å². The van der Waals surface area contributed by atoms with Crippen molar-refractivity contribution in [2.45, 2.75) is 32.3 Å². The minimum atomic E-state index is -0.244. The van der Waals surface area contributed by atoms with Crippen molar-refractivity contribution in [2.75, 3.05) is 6.61 Å². The minimum Gasteiger partial charge on any atom is -0.370 e. The van der Waals surface area contributed by atoms with E-state index < -0.39 is 0 Å². The number of ether oxygens (including phenoxy) is 1. The molecule has 1 atom stereocenters. The van der Waals surface area contributed by atoms with Gasteiger partial charge >= 0.3 is 0 Å². The Labute approximate surface area is 99.5 Å². The number of halogens is 1. The molecule has 5 heteroatoms. The molecule has 1 unspecified atom stereocenters. The van der Waals surface area contributed by atoms with Crippen molar-refractivity contribution in [3.8, 4) is 0 Å². The van der Waals surface area contributed by atoms with Crippen LogP contribution in [0.25, 0.3) is 0 Å². The Morgan fingerprint density at radius 1 is 1.69 bits per heavy atom. The SMILES string of the molecule is Cc1nn(C)c(CC(=O)C2CCCO2)c1Cl. The molecule has 0 bridgehead atoms. The molecule has 0 spiro atoms. The van der Waals surface area contributed by atoms with Crippen molar-refractivity contribution in [1.82, 2.24) is 9.78 Å². The van der Waals surface area contributed by atoms with Crippen LogP contribution in [0, 0.1) is 6.92 Å². The first-order valence-corrected chi connectivity index (χ1v) is 5.79. The van der Waals surface area contributed by atoms with Crippen molar-refractivity contribution in [3.63, 3.8) is 0 Å². The largest absolute Gasteiger partial charge is 0.370 e. The fourth-order valence-corrected chi connectivity index (χ4v) is 2.21. The maximum atomic E-state index is 11.9. The number of rotatable bonds is 3. The van der Waals surface area contributed by atoms with Gasteiger partial charge in [-0.3, -0.25) is 9.48 Å². The molecule has 2 heterocycles. The number of nitrogens with zero attached hydrogens (tertiary/aromatic N) is 2. The van der Waals surface area contributed by atoms with Crippen molar-refractivity contribution < 1.29 is 9.53 Å². The van der Waals surface area contributed by atoms with E-state index in [-0.39, 0.29) is 11.9 Å². The van der Waals surface area contributed by atoms with Gasteiger partial charge in [0.2, 0.25) is 0 Å². The van der Waals surface area contributed by atoms with Gasteiger partial charge in [-0.05, 0) is 19.8 Å². The Bertz CT molecular complexity index is 408. The molecular weight excluding hydrogens is 228 g/mol. The standard InChI is InChI=1S/C11H15ClN2O2/c1-7-11(12)8(14(2)13-7)6-9(15)10-4-3-5-16-10/h10H,3-6H2,1-2H3. The lowest BCUT2D eigenvalue weighted by Gasteiger charge is -2.08. The fourth-order valence-electron chi connectivity index (χ4n) is 1.98. The molecular formula is C11H15ClN2O2. The molecule has 1 aliphatic heterocycles. The summed E-state index contributed by atoms with van der Waals surface area (Å²) in [6.45, 7) is 2.52. The minimum absolute atomic E-state index is 0.0994. The first kappa shape index (κ1) is 11.6. The Morgan fingerprint density at radius 3 is 2.94 bits per heavy atom. The molecule has 16 heavy (non-hydrogen) atoms. The molecule has 0 radical (unpaired) electrons. The molecule has 88 valence electrons. The highest BCUT2D eigenvalue weighted by molar-refractivity contribution is 6.32. The molecule has 1 aromatic rings. The average Bonchev–Trinajstić information content (AvgIpc) is 2.83. The van der Waals surface area contributed by atoms with E-state index >= 15 is 0 Å². The van der Waals surface area contributed by atoms with Crippen molar-refractivity contribution in [1.29, 1.82) is 0 Å². The summed E-state index contributed by atoms with van der Waals surface area (Å²) in [6, 6.07) is 0. The van der Waals surface area contributed by atoms with Crippen molar-refractivity contribution in [2.24, 2.45) is 7.05 Å². The Morgan fingerprint density at radius 2 is 2.44 bits per heavy atom. The number of aromatic nitrogens is 2. The topological polar surface area (TPSA) is 44.1 Å². The van der Waals surface area contributed by atoms with Gasteiger partial charge in [0.15, 0.2) is 5.78 Å². The van der Waals surface area contributed by atoms with E-state index in [0.29, 0.717) is 18.1 Å². The summed E-state index contributed by atoms with van der Waals surface area (Å²) >= 11 is 6.09. The Balaban J connectivity index is 2.11. The Hall–Kier alpha value is -0.870. The summed E-state index contributed by atoms with van der Waals surface area (Å²) in [5, 5.41) is 4.77. The quantitative estimate of drug-likeness (QED) is 0.810. The van der Waals surface area contributed by atoms with Gasteiger partial charge in [-0.25, -0.2) is 0 Å². The van der Waals surface area contributed by atoms with E-state index in [2.05, 4.69) is 5.10 Å². The Kier molecular flexibility index (Phi) is 3.30.